The molecule has 3 rings (SSSR count). The number of carbonyl (C=O) groups excluding carboxylic acids is 2. The van der Waals surface area contributed by atoms with Crippen molar-refractivity contribution in [3.05, 3.63) is 53.6 Å². The molecule has 1 heterocycles. The molecule has 2 aromatic rings. The highest BCUT2D eigenvalue weighted by molar-refractivity contribution is 6.26. The maximum absolute atomic E-state index is 12.3. The zero-order valence-corrected chi connectivity index (χ0v) is 11.0. The molecule has 0 aromatic heterocycles. The number of aromatic hydroxyl groups is 1. The molecule has 0 fully saturated rings. The van der Waals surface area contributed by atoms with Crippen molar-refractivity contribution in [3.63, 3.8) is 0 Å². The molecule has 1 N–H and O–H groups in total. The summed E-state index contributed by atoms with van der Waals surface area (Å²) in [5, 5.41) is 11.4. The number of rotatable bonds is 2. The van der Waals surface area contributed by atoms with E-state index in [1.54, 1.807) is 30.3 Å². The predicted molar refractivity (Wildman–Crippen MR) is 75.9 cm³/mol. The lowest BCUT2D eigenvalue weighted by Gasteiger charge is -2.24. The van der Waals surface area contributed by atoms with Crippen LogP contribution in [0.5, 0.6) is 5.75 Å². The summed E-state index contributed by atoms with van der Waals surface area (Å²) < 4.78 is 0. The van der Waals surface area contributed by atoms with Gasteiger partial charge in [-0.1, -0.05) is 18.2 Å². The normalized spacial score (nSPS) is 13.9. The minimum Gasteiger partial charge on any atom is -0.507 e. The number of benzene rings is 2. The molecule has 4 heteroatoms. The first kappa shape index (κ1) is 12.4. The van der Waals surface area contributed by atoms with Gasteiger partial charge in [-0.05, 0) is 24.1 Å². The summed E-state index contributed by atoms with van der Waals surface area (Å²) in [6.07, 6.45) is 2.13. The molecule has 1 aliphatic rings. The number of nitrogens with zero attached hydrogens (tertiary/aromatic N) is 1. The summed E-state index contributed by atoms with van der Waals surface area (Å²) in [5.74, 6) is -0.580. The number of amides is 2. The molecule has 0 aliphatic carbocycles. The Morgan fingerprint density at radius 2 is 1.95 bits per heavy atom. The van der Waals surface area contributed by atoms with Crippen LogP contribution in [0.2, 0.25) is 0 Å². The lowest BCUT2D eigenvalue weighted by Crippen LogP contribution is -2.37. The molecule has 0 spiro atoms. The van der Waals surface area contributed by atoms with E-state index in [-0.39, 0.29) is 17.6 Å². The van der Waals surface area contributed by atoms with Gasteiger partial charge in [-0.3, -0.25) is 14.5 Å². The molecule has 0 saturated heterocycles. The molecule has 1 aliphatic heterocycles. The number of allylic oxidation sites excluding steroid dienone is 1. The minimum absolute atomic E-state index is 0.107. The Bertz CT molecular complexity index is 777. The van der Waals surface area contributed by atoms with E-state index in [9.17, 15) is 14.7 Å². The van der Waals surface area contributed by atoms with Gasteiger partial charge in [-0.15, -0.1) is 6.58 Å². The van der Waals surface area contributed by atoms with E-state index in [1.807, 2.05) is 0 Å². The largest absolute Gasteiger partial charge is 0.507 e. The Morgan fingerprint density at radius 3 is 2.65 bits per heavy atom. The number of hydrogen-bond donors (Lipinski definition) is 1. The fourth-order valence-corrected chi connectivity index (χ4v) is 2.64. The van der Waals surface area contributed by atoms with E-state index in [4.69, 9.17) is 0 Å². The van der Waals surface area contributed by atoms with Crippen LogP contribution in [0.1, 0.15) is 26.3 Å². The van der Waals surface area contributed by atoms with E-state index in [0.717, 1.165) is 4.90 Å². The second-order valence-electron chi connectivity index (χ2n) is 4.82. The highest BCUT2D eigenvalue weighted by Gasteiger charge is 2.31. The Hall–Kier alpha value is -2.62. The number of phenolic OH excluding ortho intramolecular Hbond substituents is 1. The smallest absolute Gasteiger partial charge is 0.261 e. The van der Waals surface area contributed by atoms with Crippen molar-refractivity contribution in [3.8, 4) is 5.75 Å². The second kappa shape index (κ2) is 4.20. The maximum atomic E-state index is 12.3. The number of hydrogen-bond acceptors (Lipinski definition) is 3. The van der Waals surface area contributed by atoms with Crippen molar-refractivity contribution in [1.82, 2.24) is 4.90 Å². The van der Waals surface area contributed by atoms with Crippen molar-refractivity contribution >= 4 is 22.6 Å². The van der Waals surface area contributed by atoms with Gasteiger partial charge >= 0.3 is 0 Å². The molecule has 2 aromatic carbocycles. The Balaban J connectivity index is 2.47. The Labute approximate surface area is 115 Å². The number of carbonyl (C=O) groups is 2. The monoisotopic (exact) mass is 267 g/mol. The van der Waals surface area contributed by atoms with Gasteiger partial charge in [0.2, 0.25) is 0 Å². The molecular formula is C16H13NO3. The third kappa shape index (κ3) is 1.48. The van der Waals surface area contributed by atoms with Crippen molar-refractivity contribution in [2.24, 2.45) is 0 Å². The Kier molecular flexibility index (Phi) is 2.61. The lowest BCUT2D eigenvalue weighted by molar-refractivity contribution is 0.0650. The quantitative estimate of drug-likeness (QED) is 0.672. The molecule has 20 heavy (non-hydrogen) atoms. The first-order valence-corrected chi connectivity index (χ1v) is 6.27. The van der Waals surface area contributed by atoms with Gasteiger partial charge in [0, 0.05) is 28.9 Å². The van der Waals surface area contributed by atoms with Gasteiger partial charge in [0.1, 0.15) is 5.75 Å². The van der Waals surface area contributed by atoms with Gasteiger partial charge in [0.05, 0.1) is 0 Å². The van der Waals surface area contributed by atoms with Crippen LogP contribution in [-0.2, 0) is 6.42 Å². The van der Waals surface area contributed by atoms with Crippen LogP contribution in [0, 0.1) is 0 Å². The fraction of sp³-hybridized carbons (Fsp3) is 0.125. The summed E-state index contributed by atoms with van der Waals surface area (Å²) in [5.41, 5.74) is 1.53. The summed E-state index contributed by atoms with van der Waals surface area (Å²) in [6, 6.07) is 6.74. The second-order valence-corrected chi connectivity index (χ2v) is 4.82. The molecule has 2 amide bonds. The van der Waals surface area contributed by atoms with Crippen LogP contribution in [-0.4, -0.2) is 28.9 Å². The van der Waals surface area contributed by atoms with Crippen LogP contribution < -0.4 is 0 Å². The highest BCUT2D eigenvalue weighted by atomic mass is 16.3. The standard InChI is InChI=1S/C16H13NO3/c1-3-5-9-8-12-13-10(14(9)18)6-4-7-11(13)15(19)17(2)16(12)20/h3-4,6-8,18H,1,5H2,2H3. The van der Waals surface area contributed by atoms with Gasteiger partial charge in [-0.2, -0.15) is 0 Å². The highest BCUT2D eigenvalue weighted by Crippen LogP contribution is 2.37. The molecule has 0 atom stereocenters. The van der Waals surface area contributed by atoms with Crippen molar-refractivity contribution in [2.75, 3.05) is 7.05 Å². The SMILES string of the molecule is C=CCc1cc2c3c(cccc3c1O)C(=O)N(C)C2=O. The molecule has 0 saturated carbocycles. The Morgan fingerprint density at radius 1 is 1.25 bits per heavy atom. The minimum atomic E-state index is -0.344. The maximum Gasteiger partial charge on any atom is 0.261 e. The van der Waals surface area contributed by atoms with Crippen LogP contribution in [0.4, 0.5) is 0 Å². The van der Waals surface area contributed by atoms with Gasteiger partial charge in [-0.25, -0.2) is 0 Å². The van der Waals surface area contributed by atoms with Crippen molar-refractivity contribution < 1.29 is 14.7 Å². The number of phenols is 1. The first-order valence-electron chi connectivity index (χ1n) is 6.27. The van der Waals surface area contributed by atoms with E-state index >= 15 is 0 Å². The number of imide groups is 1. The van der Waals surface area contributed by atoms with Crippen LogP contribution >= 0.6 is 0 Å². The van der Waals surface area contributed by atoms with Gasteiger partial charge < -0.3 is 5.11 Å². The fourth-order valence-electron chi connectivity index (χ4n) is 2.64. The molecule has 0 bridgehead atoms. The average molecular weight is 267 g/mol. The van der Waals surface area contributed by atoms with E-state index in [1.165, 1.54) is 7.05 Å². The van der Waals surface area contributed by atoms with E-state index < -0.39 is 0 Å². The van der Waals surface area contributed by atoms with Gasteiger partial charge in [0.25, 0.3) is 11.8 Å². The topological polar surface area (TPSA) is 57.6 Å². The van der Waals surface area contributed by atoms with E-state index in [2.05, 4.69) is 6.58 Å². The lowest BCUT2D eigenvalue weighted by atomic mass is 9.91. The van der Waals surface area contributed by atoms with Crippen molar-refractivity contribution in [2.45, 2.75) is 6.42 Å². The van der Waals surface area contributed by atoms with Gasteiger partial charge in [0.15, 0.2) is 0 Å². The van der Waals surface area contributed by atoms with Crippen LogP contribution in [0.25, 0.3) is 10.8 Å². The van der Waals surface area contributed by atoms with Crippen LogP contribution in [0.15, 0.2) is 36.9 Å². The third-order valence-electron chi connectivity index (χ3n) is 3.65. The molecule has 4 nitrogen and oxygen atoms in total. The van der Waals surface area contributed by atoms with Crippen LogP contribution in [0.3, 0.4) is 0 Å². The predicted octanol–water partition coefficient (Wildman–Crippen LogP) is 2.50. The molecule has 0 radical (unpaired) electrons. The zero-order chi connectivity index (χ0) is 14.4. The third-order valence-corrected chi connectivity index (χ3v) is 3.65. The summed E-state index contributed by atoms with van der Waals surface area (Å²) in [6.45, 7) is 3.65. The zero-order valence-electron chi connectivity index (χ0n) is 11.0. The molecule has 100 valence electrons. The molecular weight excluding hydrogens is 254 g/mol. The molecule has 0 unspecified atom stereocenters. The summed E-state index contributed by atoms with van der Waals surface area (Å²) in [7, 11) is 1.46. The van der Waals surface area contributed by atoms with Crippen molar-refractivity contribution in [1.29, 1.82) is 0 Å². The summed E-state index contributed by atoms with van der Waals surface area (Å²) >= 11 is 0. The first-order chi connectivity index (χ1) is 9.56. The average Bonchev–Trinajstić information content (AvgIpc) is 2.46. The van der Waals surface area contributed by atoms with E-state index in [0.29, 0.717) is 33.9 Å². The summed E-state index contributed by atoms with van der Waals surface area (Å²) in [4.78, 5) is 25.5.